The first-order chi connectivity index (χ1) is 9.12. The minimum absolute atomic E-state index is 0.339. The summed E-state index contributed by atoms with van der Waals surface area (Å²) in [5, 5.41) is 0. The SMILES string of the molecule is CC(C)Cc1cc(N)ncc1B1OC(C)(C)C(C)(C)O1. The highest BCUT2D eigenvalue weighted by atomic mass is 16.7. The van der Waals surface area contributed by atoms with Crippen LogP contribution in [0.4, 0.5) is 5.82 Å². The smallest absolute Gasteiger partial charge is 0.399 e. The predicted molar refractivity (Wildman–Crippen MR) is 82.9 cm³/mol. The van der Waals surface area contributed by atoms with E-state index in [1.807, 2.05) is 6.07 Å². The Balaban J connectivity index is 2.34. The summed E-state index contributed by atoms with van der Waals surface area (Å²) in [6.07, 6.45) is 2.72. The molecule has 2 heterocycles. The lowest BCUT2D eigenvalue weighted by atomic mass is 9.75. The third-order valence-corrected chi connectivity index (χ3v) is 4.18. The first-order valence-electron chi connectivity index (χ1n) is 7.22. The standard InChI is InChI=1S/C15H25BN2O2/c1-10(2)7-11-8-13(17)18-9-12(11)16-19-14(3,4)15(5,6)20-16/h8-10H,7H2,1-6H3,(H2,17,18). The topological polar surface area (TPSA) is 57.4 Å². The van der Waals surface area contributed by atoms with Crippen LogP contribution in [-0.2, 0) is 15.7 Å². The van der Waals surface area contributed by atoms with Gasteiger partial charge in [0.15, 0.2) is 0 Å². The Kier molecular flexibility index (Phi) is 3.86. The van der Waals surface area contributed by atoms with E-state index in [1.54, 1.807) is 6.20 Å². The monoisotopic (exact) mass is 276 g/mol. The van der Waals surface area contributed by atoms with Crippen LogP contribution in [0.15, 0.2) is 12.3 Å². The van der Waals surface area contributed by atoms with Crippen LogP contribution in [0.5, 0.6) is 0 Å². The third-order valence-electron chi connectivity index (χ3n) is 4.18. The summed E-state index contributed by atoms with van der Waals surface area (Å²) in [4.78, 5) is 4.20. The van der Waals surface area contributed by atoms with Crippen molar-refractivity contribution >= 4 is 18.4 Å². The molecule has 1 fully saturated rings. The van der Waals surface area contributed by atoms with Gasteiger partial charge in [0.1, 0.15) is 5.82 Å². The summed E-state index contributed by atoms with van der Waals surface area (Å²) in [5.74, 6) is 1.08. The molecule has 2 rings (SSSR count). The van der Waals surface area contributed by atoms with E-state index in [0.29, 0.717) is 11.7 Å². The van der Waals surface area contributed by atoms with Gasteiger partial charge in [-0.25, -0.2) is 4.98 Å². The molecule has 20 heavy (non-hydrogen) atoms. The molecule has 0 bridgehead atoms. The van der Waals surface area contributed by atoms with Gasteiger partial charge in [-0.1, -0.05) is 13.8 Å². The van der Waals surface area contributed by atoms with Crippen molar-refractivity contribution in [1.29, 1.82) is 0 Å². The summed E-state index contributed by atoms with van der Waals surface area (Å²) in [7, 11) is -0.373. The normalized spacial score (nSPS) is 20.6. The first kappa shape index (κ1) is 15.3. The summed E-state index contributed by atoms with van der Waals surface area (Å²) >= 11 is 0. The van der Waals surface area contributed by atoms with Crippen LogP contribution in [0, 0.1) is 5.92 Å². The molecule has 5 heteroatoms. The molecule has 4 nitrogen and oxygen atoms in total. The highest BCUT2D eigenvalue weighted by molar-refractivity contribution is 6.62. The number of hydrogen-bond acceptors (Lipinski definition) is 4. The summed E-state index contributed by atoms with van der Waals surface area (Å²) < 4.78 is 12.2. The first-order valence-corrected chi connectivity index (χ1v) is 7.22. The molecule has 0 atom stereocenters. The molecule has 110 valence electrons. The lowest BCUT2D eigenvalue weighted by Crippen LogP contribution is -2.41. The molecule has 1 aliphatic heterocycles. The van der Waals surface area contributed by atoms with Crippen molar-refractivity contribution in [3.63, 3.8) is 0 Å². The number of nitrogens with zero attached hydrogens (tertiary/aromatic N) is 1. The molecule has 0 amide bonds. The van der Waals surface area contributed by atoms with Crippen molar-refractivity contribution in [2.24, 2.45) is 5.92 Å². The van der Waals surface area contributed by atoms with Crippen LogP contribution in [0.25, 0.3) is 0 Å². The molecule has 0 radical (unpaired) electrons. The van der Waals surface area contributed by atoms with Crippen molar-refractivity contribution in [2.45, 2.75) is 59.2 Å². The van der Waals surface area contributed by atoms with Crippen LogP contribution in [0.3, 0.4) is 0 Å². The van der Waals surface area contributed by atoms with Crippen LogP contribution < -0.4 is 11.2 Å². The van der Waals surface area contributed by atoms with Crippen LogP contribution in [0.2, 0.25) is 0 Å². The van der Waals surface area contributed by atoms with Gasteiger partial charge < -0.3 is 15.0 Å². The largest absolute Gasteiger partial charge is 0.496 e. The highest BCUT2D eigenvalue weighted by Crippen LogP contribution is 2.36. The van der Waals surface area contributed by atoms with Gasteiger partial charge in [-0.05, 0) is 51.7 Å². The fraction of sp³-hybridized carbons (Fsp3) is 0.667. The van der Waals surface area contributed by atoms with Crippen molar-refractivity contribution < 1.29 is 9.31 Å². The number of nitrogens with two attached hydrogens (primary N) is 1. The predicted octanol–water partition coefficient (Wildman–Crippen LogP) is 2.16. The number of anilines is 1. The lowest BCUT2D eigenvalue weighted by molar-refractivity contribution is 0.00578. The Bertz CT molecular complexity index is 485. The molecular weight excluding hydrogens is 251 g/mol. The zero-order chi connectivity index (χ0) is 15.1. The fourth-order valence-corrected chi connectivity index (χ4v) is 2.32. The second-order valence-electron chi connectivity index (χ2n) is 6.99. The Morgan fingerprint density at radius 1 is 1.20 bits per heavy atom. The maximum Gasteiger partial charge on any atom is 0.496 e. The maximum absolute atomic E-state index is 6.11. The lowest BCUT2D eigenvalue weighted by Gasteiger charge is -2.32. The Morgan fingerprint density at radius 3 is 2.25 bits per heavy atom. The van der Waals surface area contributed by atoms with E-state index in [2.05, 4.69) is 46.5 Å². The van der Waals surface area contributed by atoms with Gasteiger partial charge in [-0.3, -0.25) is 0 Å². The molecule has 1 saturated heterocycles. The van der Waals surface area contributed by atoms with Gasteiger partial charge in [0.2, 0.25) is 0 Å². The number of hydrogen-bond donors (Lipinski definition) is 1. The van der Waals surface area contributed by atoms with Crippen molar-refractivity contribution in [3.05, 3.63) is 17.8 Å². The number of rotatable bonds is 3. The molecule has 0 aromatic carbocycles. The minimum Gasteiger partial charge on any atom is -0.399 e. The summed E-state index contributed by atoms with van der Waals surface area (Å²) in [6.45, 7) is 12.6. The quantitative estimate of drug-likeness (QED) is 0.859. The van der Waals surface area contributed by atoms with Crippen LogP contribution in [-0.4, -0.2) is 23.3 Å². The van der Waals surface area contributed by atoms with E-state index in [1.165, 1.54) is 0 Å². The van der Waals surface area contributed by atoms with Crippen LogP contribution in [0.1, 0.15) is 47.1 Å². The van der Waals surface area contributed by atoms with E-state index < -0.39 is 0 Å². The molecule has 2 N–H and O–H groups in total. The molecular formula is C15H25BN2O2. The average molecular weight is 276 g/mol. The average Bonchev–Trinajstić information content (AvgIpc) is 2.46. The molecule has 1 aromatic heterocycles. The number of aromatic nitrogens is 1. The second-order valence-corrected chi connectivity index (χ2v) is 6.99. The minimum atomic E-state index is -0.373. The molecule has 0 unspecified atom stereocenters. The van der Waals surface area contributed by atoms with Gasteiger partial charge in [-0.2, -0.15) is 0 Å². The molecule has 0 aliphatic carbocycles. The van der Waals surface area contributed by atoms with Gasteiger partial charge in [-0.15, -0.1) is 0 Å². The molecule has 0 spiro atoms. The van der Waals surface area contributed by atoms with Crippen LogP contribution >= 0.6 is 0 Å². The van der Waals surface area contributed by atoms with Gasteiger partial charge >= 0.3 is 7.12 Å². The van der Waals surface area contributed by atoms with Crippen molar-refractivity contribution in [3.8, 4) is 0 Å². The second kappa shape index (κ2) is 5.04. The van der Waals surface area contributed by atoms with Gasteiger partial charge in [0, 0.05) is 11.7 Å². The number of nitrogen functional groups attached to an aromatic ring is 1. The molecule has 1 aliphatic rings. The fourth-order valence-electron chi connectivity index (χ4n) is 2.32. The Morgan fingerprint density at radius 2 is 1.75 bits per heavy atom. The number of pyridine rings is 1. The van der Waals surface area contributed by atoms with E-state index >= 15 is 0 Å². The molecule has 0 saturated carbocycles. The Labute approximate surface area is 122 Å². The van der Waals surface area contributed by atoms with E-state index in [0.717, 1.165) is 17.4 Å². The summed E-state index contributed by atoms with van der Waals surface area (Å²) in [6, 6.07) is 1.93. The maximum atomic E-state index is 6.11. The molecule has 1 aromatic rings. The zero-order valence-electron chi connectivity index (χ0n) is 13.4. The zero-order valence-corrected chi connectivity index (χ0v) is 13.4. The highest BCUT2D eigenvalue weighted by Gasteiger charge is 2.52. The third kappa shape index (κ3) is 2.84. The van der Waals surface area contributed by atoms with Crippen molar-refractivity contribution in [2.75, 3.05) is 5.73 Å². The van der Waals surface area contributed by atoms with Crippen molar-refractivity contribution in [1.82, 2.24) is 4.98 Å². The van der Waals surface area contributed by atoms with E-state index in [-0.39, 0.29) is 18.3 Å². The van der Waals surface area contributed by atoms with E-state index in [9.17, 15) is 0 Å². The van der Waals surface area contributed by atoms with E-state index in [4.69, 9.17) is 15.0 Å². The Hall–Kier alpha value is -1.07. The van der Waals surface area contributed by atoms with Gasteiger partial charge in [0.25, 0.3) is 0 Å². The summed E-state index contributed by atoms with van der Waals surface area (Å²) in [5.41, 5.74) is 7.29. The van der Waals surface area contributed by atoms with Gasteiger partial charge in [0.05, 0.1) is 11.2 Å².